The van der Waals surface area contributed by atoms with Gasteiger partial charge < -0.3 is 15.0 Å². The highest BCUT2D eigenvalue weighted by atomic mass is 35.5. The standard InChI is InChI=1S/C18H22Cl2N2O/c1-22(2)11-10-21-12-14-6-3-4-9-18(14)23-13-15-16(19)7-5-8-17(15)20/h3-9,21H,10-13H2,1-2H3. The van der Waals surface area contributed by atoms with Gasteiger partial charge in [-0.25, -0.2) is 0 Å². The fourth-order valence-electron chi connectivity index (χ4n) is 2.14. The summed E-state index contributed by atoms with van der Waals surface area (Å²) in [6.07, 6.45) is 0. The predicted octanol–water partition coefficient (Wildman–Crippen LogP) is 4.22. The number of rotatable bonds is 8. The monoisotopic (exact) mass is 352 g/mol. The summed E-state index contributed by atoms with van der Waals surface area (Å²) in [5.74, 6) is 0.848. The average molecular weight is 353 g/mol. The summed E-state index contributed by atoms with van der Waals surface area (Å²) < 4.78 is 5.94. The summed E-state index contributed by atoms with van der Waals surface area (Å²) in [5, 5.41) is 4.67. The van der Waals surface area contributed by atoms with Crippen LogP contribution in [0.15, 0.2) is 42.5 Å². The first-order valence-electron chi connectivity index (χ1n) is 7.57. The van der Waals surface area contributed by atoms with Crippen molar-refractivity contribution in [2.24, 2.45) is 0 Å². The third kappa shape index (κ3) is 5.70. The van der Waals surface area contributed by atoms with E-state index in [1.54, 1.807) is 0 Å². The fourth-order valence-corrected chi connectivity index (χ4v) is 2.64. The number of para-hydroxylation sites is 1. The third-order valence-electron chi connectivity index (χ3n) is 3.46. The van der Waals surface area contributed by atoms with Gasteiger partial charge >= 0.3 is 0 Å². The van der Waals surface area contributed by atoms with E-state index < -0.39 is 0 Å². The summed E-state index contributed by atoms with van der Waals surface area (Å²) in [6, 6.07) is 13.5. The van der Waals surface area contributed by atoms with Crippen molar-refractivity contribution in [3.8, 4) is 5.75 Å². The quantitative estimate of drug-likeness (QED) is 0.719. The Morgan fingerprint density at radius 2 is 1.70 bits per heavy atom. The van der Waals surface area contributed by atoms with Gasteiger partial charge in [-0.1, -0.05) is 47.5 Å². The van der Waals surface area contributed by atoms with Gasteiger partial charge in [0.1, 0.15) is 12.4 Å². The number of hydrogen-bond donors (Lipinski definition) is 1. The van der Waals surface area contributed by atoms with Gasteiger partial charge in [-0.15, -0.1) is 0 Å². The van der Waals surface area contributed by atoms with Crippen LogP contribution in [0.4, 0.5) is 0 Å². The van der Waals surface area contributed by atoms with Gasteiger partial charge in [0.2, 0.25) is 0 Å². The molecular formula is C18H22Cl2N2O. The lowest BCUT2D eigenvalue weighted by molar-refractivity contribution is 0.302. The molecule has 3 nitrogen and oxygen atoms in total. The molecule has 0 bridgehead atoms. The fraction of sp³-hybridized carbons (Fsp3) is 0.333. The zero-order valence-electron chi connectivity index (χ0n) is 13.5. The first-order valence-corrected chi connectivity index (χ1v) is 8.32. The molecule has 124 valence electrons. The average Bonchev–Trinajstić information content (AvgIpc) is 2.52. The van der Waals surface area contributed by atoms with Gasteiger partial charge in [-0.3, -0.25) is 0 Å². The van der Waals surface area contributed by atoms with Crippen molar-refractivity contribution < 1.29 is 4.74 Å². The Bertz CT molecular complexity index is 612. The van der Waals surface area contributed by atoms with Crippen LogP contribution in [-0.2, 0) is 13.2 Å². The number of nitrogens with zero attached hydrogens (tertiary/aromatic N) is 1. The minimum absolute atomic E-state index is 0.354. The van der Waals surface area contributed by atoms with E-state index >= 15 is 0 Å². The van der Waals surface area contributed by atoms with Crippen LogP contribution in [-0.4, -0.2) is 32.1 Å². The van der Waals surface area contributed by atoms with Crippen molar-refractivity contribution in [1.29, 1.82) is 0 Å². The highest BCUT2D eigenvalue weighted by molar-refractivity contribution is 6.35. The second kappa shape index (κ2) is 9.14. The van der Waals surface area contributed by atoms with Crippen molar-refractivity contribution in [2.75, 3.05) is 27.2 Å². The zero-order valence-corrected chi connectivity index (χ0v) is 15.0. The normalized spacial score (nSPS) is 11.0. The molecule has 0 atom stereocenters. The lowest BCUT2D eigenvalue weighted by atomic mass is 10.2. The Hall–Kier alpha value is -1.26. The molecule has 0 saturated heterocycles. The Kier molecular flexibility index (Phi) is 7.18. The third-order valence-corrected chi connectivity index (χ3v) is 4.17. The molecule has 0 aliphatic heterocycles. The van der Waals surface area contributed by atoms with E-state index in [0.717, 1.165) is 36.5 Å². The molecule has 1 N–H and O–H groups in total. The molecule has 0 heterocycles. The molecule has 0 saturated carbocycles. The molecule has 5 heteroatoms. The van der Waals surface area contributed by atoms with E-state index in [1.165, 1.54) is 0 Å². The van der Waals surface area contributed by atoms with Crippen LogP contribution in [0, 0.1) is 0 Å². The Morgan fingerprint density at radius 1 is 1.00 bits per heavy atom. The summed E-state index contributed by atoms with van der Waals surface area (Å²) in [7, 11) is 4.12. The molecule has 0 spiro atoms. The maximum absolute atomic E-state index is 6.19. The molecule has 0 amide bonds. The molecule has 0 aromatic heterocycles. The summed E-state index contributed by atoms with van der Waals surface area (Å²) in [4.78, 5) is 2.15. The van der Waals surface area contributed by atoms with Gasteiger partial charge in [0.15, 0.2) is 0 Å². The zero-order chi connectivity index (χ0) is 16.7. The Labute approximate surface area is 148 Å². The molecule has 2 rings (SSSR count). The molecule has 0 radical (unpaired) electrons. The van der Waals surface area contributed by atoms with Gasteiger partial charge in [0, 0.05) is 40.8 Å². The van der Waals surface area contributed by atoms with Crippen molar-refractivity contribution in [3.63, 3.8) is 0 Å². The molecular weight excluding hydrogens is 331 g/mol. The topological polar surface area (TPSA) is 24.5 Å². The molecule has 0 unspecified atom stereocenters. The second-order valence-electron chi connectivity index (χ2n) is 5.58. The largest absolute Gasteiger partial charge is 0.488 e. The summed E-state index contributed by atoms with van der Waals surface area (Å²) in [5.41, 5.74) is 1.93. The molecule has 23 heavy (non-hydrogen) atoms. The second-order valence-corrected chi connectivity index (χ2v) is 6.39. The highest BCUT2D eigenvalue weighted by Gasteiger charge is 2.08. The van der Waals surface area contributed by atoms with Crippen molar-refractivity contribution >= 4 is 23.2 Å². The van der Waals surface area contributed by atoms with Crippen LogP contribution in [0.25, 0.3) is 0 Å². The molecule has 2 aromatic carbocycles. The maximum Gasteiger partial charge on any atom is 0.124 e. The molecule has 2 aromatic rings. The maximum atomic E-state index is 6.19. The smallest absolute Gasteiger partial charge is 0.124 e. The summed E-state index contributed by atoms with van der Waals surface area (Å²) >= 11 is 12.4. The minimum Gasteiger partial charge on any atom is -0.488 e. The Morgan fingerprint density at radius 3 is 2.39 bits per heavy atom. The predicted molar refractivity (Wildman–Crippen MR) is 97.5 cm³/mol. The van der Waals surface area contributed by atoms with Crippen LogP contribution in [0.5, 0.6) is 5.75 Å². The van der Waals surface area contributed by atoms with Gasteiger partial charge in [0.25, 0.3) is 0 Å². The molecule has 0 fully saturated rings. The van der Waals surface area contributed by atoms with E-state index in [1.807, 2.05) is 36.4 Å². The van der Waals surface area contributed by atoms with Crippen LogP contribution >= 0.6 is 23.2 Å². The van der Waals surface area contributed by atoms with Gasteiger partial charge in [0.05, 0.1) is 0 Å². The van der Waals surface area contributed by atoms with Crippen LogP contribution < -0.4 is 10.1 Å². The van der Waals surface area contributed by atoms with E-state index in [2.05, 4.69) is 30.4 Å². The first kappa shape index (κ1) is 18.1. The molecule has 0 aliphatic rings. The number of halogens is 2. The first-order chi connectivity index (χ1) is 11.1. The number of hydrogen-bond acceptors (Lipinski definition) is 3. The number of likely N-dealkylation sites (N-methyl/N-ethyl adjacent to an activating group) is 1. The lowest BCUT2D eigenvalue weighted by Crippen LogP contribution is -2.26. The number of nitrogens with one attached hydrogen (secondary N) is 1. The van der Waals surface area contributed by atoms with Crippen molar-refractivity contribution in [2.45, 2.75) is 13.2 Å². The molecule has 0 aliphatic carbocycles. The van der Waals surface area contributed by atoms with Crippen molar-refractivity contribution in [1.82, 2.24) is 10.2 Å². The minimum atomic E-state index is 0.354. The van der Waals surface area contributed by atoms with E-state index in [0.29, 0.717) is 16.7 Å². The number of benzene rings is 2. The SMILES string of the molecule is CN(C)CCNCc1ccccc1OCc1c(Cl)cccc1Cl. The van der Waals surface area contributed by atoms with E-state index in [4.69, 9.17) is 27.9 Å². The van der Waals surface area contributed by atoms with Crippen LogP contribution in [0.2, 0.25) is 10.0 Å². The number of ether oxygens (including phenoxy) is 1. The van der Waals surface area contributed by atoms with Crippen molar-refractivity contribution in [3.05, 3.63) is 63.6 Å². The Balaban J connectivity index is 1.97. The van der Waals surface area contributed by atoms with Crippen LogP contribution in [0.3, 0.4) is 0 Å². The van der Waals surface area contributed by atoms with Crippen LogP contribution in [0.1, 0.15) is 11.1 Å². The summed E-state index contributed by atoms with van der Waals surface area (Å²) in [6.45, 7) is 3.05. The lowest BCUT2D eigenvalue weighted by Gasteiger charge is -2.14. The van der Waals surface area contributed by atoms with Gasteiger partial charge in [-0.05, 0) is 32.3 Å². The van der Waals surface area contributed by atoms with E-state index in [-0.39, 0.29) is 0 Å². The highest BCUT2D eigenvalue weighted by Crippen LogP contribution is 2.27. The van der Waals surface area contributed by atoms with E-state index in [9.17, 15) is 0 Å². The van der Waals surface area contributed by atoms with Gasteiger partial charge in [-0.2, -0.15) is 0 Å².